The van der Waals surface area contributed by atoms with Gasteiger partial charge < -0.3 is 17.7 Å². The molecule has 520 valence electrons. The van der Waals surface area contributed by atoms with Crippen LogP contribution < -0.4 is 0 Å². The summed E-state index contributed by atoms with van der Waals surface area (Å²) >= 11 is 0. The SMILES string of the molecule is c1ccc(-c2ccc3c(-c4c5cccc(-c6ccc7c(c6)oc6ccccc67)c5cc5c(-c6ccc7c(c6)oc6ccccc67)cccc45)cccc3c2)cc1.c1ccc(-c2ccc3c(-c4c5cccc(-c6cccc7c6oc6ccccc67)c5cc5c(-c6cccc7c6oc6ccccc67)cccc45)cccc3c2)cc1. The Morgan fingerprint density at radius 2 is 0.411 bits per heavy atom. The molecule has 20 aromatic carbocycles. The summed E-state index contributed by atoms with van der Waals surface area (Å²) in [4.78, 5) is 0. The van der Waals surface area contributed by atoms with Crippen molar-refractivity contribution in [3.8, 4) is 89.0 Å². The highest BCUT2D eigenvalue weighted by Gasteiger charge is 2.24. The topological polar surface area (TPSA) is 52.6 Å². The largest absolute Gasteiger partial charge is 0.456 e. The summed E-state index contributed by atoms with van der Waals surface area (Å²) in [6.45, 7) is 0. The molecule has 0 saturated heterocycles. The lowest BCUT2D eigenvalue weighted by Crippen LogP contribution is -1.92. The minimum atomic E-state index is 0.893. The van der Waals surface area contributed by atoms with Crippen LogP contribution >= 0.6 is 0 Å². The van der Waals surface area contributed by atoms with Crippen molar-refractivity contribution in [3.63, 3.8) is 0 Å². The maximum Gasteiger partial charge on any atom is 0.143 e. The van der Waals surface area contributed by atoms with Crippen LogP contribution in [0.5, 0.6) is 0 Å². The summed E-state index contributed by atoms with van der Waals surface area (Å²) in [6.07, 6.45) is 0. The van der Waals surface area contributed by atoms with Crippen LogP contribution in [-0.2, 0) is 0 Å². The molecule has 0 aliphatic rings. The van der Waals surface area contributed by atoms with Crippen molar-refractivity contribution in [2.75, 3.05) is 0 Å². The van der Waals surface area contributed by atoms with E-state index in [0.29, 0.717) is 0 Å². The molecule has 0 atom stereocenters. The lowest BCUT2D eigenvalue weighted by atomic mass is 9.84. The fourth-order valence-electron chi connectivity index (χ4n) is 18.2. The number of hydrogen-bond donors (Lipinski definition) is 0. The Hall–Kier alpha value is -14.8. The molecule has 0 radical (unpaired) electrons. The smallest absolute Gasteiger partial charge is 0.143 e. The Morgan fingerprint density at radius 3 is 0.821 bits per heavy atom. The van der Waals surface area contributed by atoms with E-state index >= 15 is 0 Å². The third kappa shape index (κ3) is 10.1. The number of benzene rings is 20. The Labute approximate surface area is 643 Å². The van der Waals surface area contributed by atoms with Crippen molar-refractivity contribution in [2.45, 2.75) is 0 Å². The van der Waals surface area contributed by atoms with Crippen LogP contribution in [0.3, 0.4) is 0 Å². The molecule has 0 fully saturated rings. The molecule has 0 saturated carbocycles. The fraction of sp³-hybridized carbons (Fsp3) is 0. The summed E-state index contributed by atoms with van der Waals surface area (Å²) < 4.78 is 26.1. The van der Waals surface area contributed by atoms with Crippen LogP contribution in [0.1, 0.15) is 0 Å². The minimum absolute atomic E-state index is 0.893. The van der Waals surface area contributed by atoms with Crippen molar-refractivity contribution in [2.24, 2.45) is 0 Å². The molecule has 24 aromatic rings. The van der Waals surface area contributed by atoms with Crippen LogP contribution in [0.15, 0.2) is 406 Å². The first-order valence-corrected chi connectivity index (χ1v) is 38.3. The average Bonchev–Trinajstić information content (AvgIpc) is 0.891. The maximum atomic E-state index is 6.65. The molecule has 112 heavy (non-hydrogen) atoms. The van der Waals surface area contributed by atoms with Crippen molar-refractivity contribution in [1.82, 2.24) is 0 Å². The molecule has 24 rings (SSSR count). The molecule has 0 aliphatic heterocycles. The van der Waals surface area contributed by atoms with E-state index in [1.807, 2.05) is 36.4 Å². The normalized spacial score (nSPS) is 11.9. The fourth-order valence-corrected chi connectivity index (χ4v) is 18.2. The predicted molar refractivity (Wildman–Crippen MR) is 471 cm³/mol. The summed E-state index contributed by atoms with van der Waals surface area (Å²) in [5.41, 5.74) is 25.9. The first-order chi connectivity index (χ1) is 55.5. The standard InChI is InChI=1S/2C54H32O2/c1-2-13-33(14-3-1)34-29-30-36-35(31-34)15-8-20-41(36)52-42-21-9-18-37(44-23-11-25-46-39-16-4-6-27-50(39)55-53(44)46)48(42)32-49-38(19-10-22-43(49)52)45-24-12-26-47-40-17-5-7-28-51(40)56-54(45)47;1-2-11-33(12-3-1)34-23-26-40-35(29-34)13-8-18-45(40)54-46-19-9-16-38(36-24-27-43-41-14-4-6-21-50(41)55-52(43)30-36)48(46)32-49-39(17-10-20-47(49)54)37-25-28-44-42-15-5-7-22-51(42)56-53(44)31-37/h2*1-32H. The Balaban J connectivity index is 0.000000134. The van der Waals surface area contributed by atoms with Gasteiger partial charge in [0.1, 0.15) is 44.7 Å². The Bertz CT molecular complexity index is 7660. The van der Waals surface area contributed by atoms with Gasteiger partial charge in [0.2, 0.25) is 0 Å². The second-order valence-corrected chi connectivity index (χ2v) is 29.5. The molecular formula is C108H64O4. The molecule has 0 bridgehead atoms. The van der Waals surface area contributed by atoms with Gasteiger partial charge in [0, 0.05) is 54.2 Å². The second-order valence-electron chi connectivity index (χ2n) is 29.5. The quantitative estimate of drug-likeness (QED) is 0.142. The summed E-state index contributed by atoms with van der Waals surface area (Å²) in [6, 6.07) is 140. The van der Waals surface area contributed by atoms with Gasteiger partial charge in [-0.2, -0.15) is 0 Å². The summed E-state index contributed by atoms with van der Waals surface area (Å²) in [7, 11) is 0. The number of hydrogen-bond acceptors (Lipinski definition) is 4. The van der Waals surface area contributed by atoms with Gasteiger partial charge in [-0.15, -0.1) is 0 Å². The molecule has 4 aromatic heterocycles. The summed E-state index contributed by atoms with van der Waals surface area (Å²) in [5.74, 6) is 0. The monoisotopic (exact) mass is 1420 g/mol. The predicted octanol–water partition coefficient (Wildman–Crippen LogP) is 31.2. The molecule has 0 unspecified atom stereocenters. The van der Waals surface area contributed by atoms with Crippen LogP contribution in [0.25, 0.3) is 241 Å². The van der Waals surface area contributed by atoms with Gasteiger partial charge in [0.25, 0.3) is 0 Å². The van der Waals surface area contributed by atoms with Crippen LogP contribution in [0.2, 0.25) is 0 Å². The second kappa shape index (κ2) is 25.4. The zero-order valence-corrected chi connectivity index (χ0v) is 60.6. The van der Waals surface area contributed by atoms with Gasteiger partial charge in [-0.1, -0.05) is 315 Å². The lowest BCUT2D eigenvalue weighted by Gasteiger charge is -2.19. The summed E-state index contributed by atoms with van der Waals surface area (Å²) in [5, 5.41) is 23.4. The van der Waals surface area contributed by atoms with Gasteiger partial charge >= 0.3 is 0 Å². The first-order valence-electron chi connectivity index (χ1n) is 38.3. The van der Waals surface area contributed by atoms with Crippen molar-refractivity contribution in [3.05, 3.63) is 388 Å². The highest BCUT2D eigenvalue weighted by Crippen LogP contribution is 2.51. The minimum Gasteiger partial charge on any atom is -0.456 e. The number of rotatable bonds is 8. The highest BCUT2D eigenvalue weighted by atomic mass is 16.3. The number of furan rings is 4. The van der Waals surface area contributed by atoms with Gasteiger partial charge in [-0.25, -0.2) is 0 Å². The van der Waals surface area contributed by atoms with Crippen LogP contribution in [-0.4, -0.2) is 0 Å². The van der Waals surface area contributed by atoms with E-state index in [0.717, 1.165) is 121 Å². The Kier molecular flexibility index (Phi) is 14.3. The third-order valence-electron chi connectivity index (χ3n) is 23.4. The molecule has 4 nitrogen and oxygen atoms in total. The zero-order valence-electron chi connectivity index (χ0n) is 60.6. The number of para-hydroxylation sites is 6. The van der Waals surface area contributed by atoms with Crippen LogP contribution in [0.4, 0.5) is 0 Å². The van der Waals surface area contributed by atoms with E-state index in [1.165, 1.54) is 120 Å². The average molecular weight is 1430 g/mol. The van der Waals surface area contributed by atoms with E-state index in [4.69, 9.17) is 17.7 Å². The first kappa shape index (κ1) is 63.3. The molecule has 0 spiro atoms. The third-order valence-corrected chi connectivity index (χ3v) is 23.4. The van der Waals surface area contributed by atoms with Gasteiger partial charge in [0.05, 0.1) is 0 Å². The maximum absolute atomic E-state index is 6.65. The van der Waals surface area contributed by atoms with Gasteiger partial charge in [-0.3, -0.25) is 0 Å². The van der Waals surface area contributed by atoms with E-state index < -0.39 is 0 Å². The molecule has 4 heterocycles. The molecule has 0 amide bonds. The zero-order chi connectivity index (χ0) is 73.5. The lowest BCUT2D eigenvalue weighted by molar-refractivity contribution is 0.668. The van der Waals surface area contributed by atoms with Gasteiger partial charge in [0.15, 0.2) is 0 Å². The van der Waals surface area contributed by atoms with E-state index in [-0.39, 0.29) is 0 Å². The highest BCUT2D eigenvalue weighted by molar-refractivity contribution is 6.26. The number of fused-ring (bicyclic) bond motifs is 18. The van der Waals surface area contributed by atoms with E-state index in [9.17, 15) is 0 Å². The molecule has 4 heteroatoms. The van der Waals surface area contributed by atoms with Crippen molar-refractivity contribution >= 4 is 152 Å². The molecule has 0 aliphatic carbocycles. The van der Waals surface area contributed by atoms with Crippen molar-refractivity contribution in [1.29, 1.82) is 0 Å². The van der Waals surface area contributed by atoms with E-state index in [1.54, 1.807) is 0 Å². The molecule has 0 N–H and O–H groups in total. The molecular weight excluding hydrogens is 1360 g/mol. The van der Waals surface area contributed by atoms with Crippen LogP contribution in [0, 0.1) is 0 Å². The van der Waals surface area contributed by atoms with Crippen molar-refractivity contribution < 1.29 is 17.7 Å². The Morgan fingerprint density at radius 1 is 0.125 bits per heavy atom. The van der Waals surface area contributed by atoms with Gasteiger partial charge in [-0.05, 0) is 215 Å². The van der Waals surface area contributed by atoms with E-state index in [2.05, 4.69) is 352 Å².